The van der Waals surface area contributed by atoms with Crippen LogP contribution in [0.1, 0.15) is 40.0 Å². The van der Waals surface area contributed by atoms with Gasteiger partial charge in [0.15, 0.2) is 0 Å². The molecule has 0 saturated heterocycles. The molecule has 0 fully saturated rings. The number of carbonyl (C=O) groups is 2. The second-order valence-corrected chi connectivity index (χ2v) is 4.76. The van der Waals surface area contributed by atoms with Crippen molar-refractivity contribution in [2.75, 3.05) is 0 Å². The molecule has 1 aliphatic rings. The van der Waals surface area contributed by atoms with E-state index < -0.39 is 17.5 Å². The molecule has 2 unspecified atom stereocenters. The van der Waals surface area contributed by atoms with E-state index in [2.05, 4.69) is 6.92 Å². The number of hydrogen-bond acceptors (Lipinski definition) is 2. The Morgan fingerprint density at radius 1 is 1.28 bits per heavy atom. The van der Waals surface area contributed by atoms with Crippen LogP contribution in [-0.2, 0) is 9.59 Å². The molecule has 1 aliphatic carbocycles. The van der Waals surface area contributed by atoms with Gasteiger partial charge in [0.05, 0.1) is 0 Å². The standard InChI is InChI=1S/C14H20O4/c1-4-9-6-8(3)7-10(5-2)11(9)12(13(15)16)14(17)18/h6,8,10H,4-5,7H2,1-3H3,(H,15,16)(H,17,18). The van der Waals surface area contributed by atoms with Gasteiger partial charge in [-0.2, -0.15) is 0 Å². The first kappa shape index (κ1) is 14.5. The van der Waals surface area contributed by atoms with Crippen LogP contribution in [0.25, 0.3) is 0 Å². The summed E-state index contributed by atoms with van der Waals surface area (Å²) in [5.74, 6) is -2.28. The fraction of sp³-hybridized carbons (Fsp3) is 0.571. The Hall–Kier alpha value is -1.58. The minimum absolute atomic E-state index is 0.0298. The van der Waals surface area contributed by atoms with E-state index in [1.165, 1.54) is 0 Å². The van der Waals surface area contributed by atoms with Crippen molar-refractivity contribution in [2.45, 2.75) is 40.0 Å². The number of carboxylic acid groups (broad SMARTS) is 2. The number of rotatable bonds is 4. The maximum atomic E-state index is 11.2. The zero-order valence-electron chi connectivity index (χ0n) is 11.1. The van der Waals surface area contributed by atoms with Gasteiger partial charge in [-0.1, -0.05) is 26.8 Å². The normalized spacial score (nSPS) is 23.5. The van der Waals surface area contributed by atoms with Gasteiger partial charge in [-0.25, -0.2) is 9.59 Å². The van der Waals surface area contributed by atoms with Crippen LogP contribution in [0.4, 0.5) is 0 Å². The van der Waals surface area contributed by atoms with E-state index in [9.17, 15) is 9.59 Å². The lowest BCUT2D eigenvalue weighted by Gasteiger charge is -2.29. The van der Waals surface area contributed by atoms with E-state index in [0.717, 1.165) is 18.4 Å². The van der Waals surface area contributed by atoms with Crippen LogP contribution < -0.4 is 0 Å². The topological polar surface area (TPSA) is 74.6 Å². The molecule has 0 aromatic rings. The molecule has 2 N–H and O–H groups in total. The summed E-state index contributed by atoms with van der Waals surface area (Å²) in [6, 6.07) is 0. The van der Waals surface area contributed by atoms with Crippen LogP contribution in [0.3, 0.4) is 0 Å². The van der Waals surface area contributed by atoms with Crippen molar-refractivity contribution in [3.8, 4) is 0 Å². The molecule has 4 heteroatoms. The summed E-state index contributed by atoms with van der Waals surface area (Å²) in [4.78, 5) is 22.4. The van der Waals surface area contributed by atoms with E-state index in [4.69, 9.17) is 10.2 Å². The molecular weight excluding hydrogens is 232 g/mol. The minimum atomic E-state index is -1.34. The summed E-state index contributed by atoms with van der Waals surface area (Å²) in [6.07, 6.45) is 4.26. The average molecular weight is 252 g/mol. The third-order valence-corrected chi connectivity index (χ3v) is 3.47. The van der Waals surface area contributed by atoms with Crippen LogP contribution >= 0.6 is 0 Å². The Morgan fingerprint density at radius 2 is 1.83 bits per heavy atom. The molecule has 0 radical (unpaired) electrons. The van der Waals surface area contributed by atoms with Crippen molar-refractivity contribution in [2.24, 2.45) is 11.8 Å². The van der Waals surface area contributed by atoms with Crippen molar-refractivity contribution in [1.82, 2.24) is 0 Å². The predicted molar refractivity (Wildman–Crippen MR) is 68.2 cm³/mol. The number of hydrogen-bond donors (Lipinski definition) is 2. The third kappa shape index (κ3) is 2.81. The fourth-order valence-corrected chi connectivity index (χ4v) is 2.70. The van der Waals surface area contributed by atoms with Crippen LogP contribution in [0.2, 0.25) is 0 Å². The molecule has 0 saturated carbocycles. The van der Waals surface area contributed by atoms with Gasteiger partial charge >= 0.3 is 11.9 Å². The predicted octanol–water partition coefficient (Wildman–Crippen LogP) is 2.85. The SMILES string of the molecule is CCC1=CC(C)CC(CC)C1=C(C(=O)O)C(=O)O. The van der Waals surface area contributed by atoms with Gasteiger partial charge in [-0.15, -0.1) is 0 Å². The van der Waals surface area contributed by atoms with E-state index in [-0.39, 0.29) is 5.92 Å². The molecule has 0 aromatic carbocycles. The number of carboxylic acids is 2. The summed E-state index contributed by atoms with van der Waals surface area (Å²) in [5, 5.41) is 18.2. The van der Waals surface area contributed by atoms with Crippen molar-refractivity contribution >= 4 is 11.9 Å². The lowest BCUT2D eigenvalue weighted by Crippen LogP contribution is -2.23. The first-order valence-electron chi connectivity index (χ1n) is 6.34. The third-order valence-electron chi connectivity index (χ3n) is 3.47. The Morgan fingerprint density at radius 3 is 2.22 bits per heavy atom. The van der Waals surface area contributed by atoms with Gasteiger partial charge in [0.1, 0.15) is 5.57 Å². The van der Waals surface area contributed by atoms with Crippen molar-refractivity contribution in [1.29, 1.82) is 0 Å². The van der Waals surface area contributed by atoms with Gasteiger partial charge in [-0.05, 0) is 42.2 Å². The van der Waals surface area contributed by atoms with Crippen molar-refractivity contribution in [3.05, 3.63) is 22.8 Å². The summed E-state index contributed by atoms with van der Waals surface area (Å²) in [5.41, 5.74) is 0.945. The molecule has 18 heavy (non-hydrogen) atoms. The largest absolute Gasteiger partial charge is 0.477 e. The Balaban J connectivity index is 3.45. The van der Waals surface area contributed by atoms with Crippen LogP contribution in [0, 0.1) is 11.8 Å². The Labute approximate surface area is 107 Å². The zero-order chi connectivity index (χ0) is 13.9. The molecule has 0 amide bonds. The lowest BCUT2D eigenvalue weighted by molar-refractivity contribution is -0.140. The zero-order valence-corrected chi connectivity index (χ0v) is 11.1. The summed E-state index contributed by atoms with van der Waals surface area (Å²) < 4.78 is 0. The van der Waals surface area contributed by atoms with Crippen LogP contribution in [-0.4, -0.2) is 22.2 Å². The molecule has 1 rings (SSSR count). The number of allylic oxidation sites excluding steroid dienone is 3. The monoisotopic (exact) mass is 252 g/mol. The lowest BCUT2D eigenvalue weighted by atomic mass is 9.75. The smallest absolute Gasteiger partial charge is 0.343 e. The Kier molecular flexibility index (Phi) is 4.70. The first-order valence-corrected chi connectivity index (χ1v) is 6.34. The minimum Gasteiger partial charge on any atom is -0.477 e. The van der Waals surface area contributed by atoms with Gasteiger partial charge in [0.2, 0.25) is 0 Å². The molecule has 4 nitrogen and oxygen atoms in total. The molecular formula is C14H20O4. The van der Waals surface area contributed by atoms with Crippen LogP contribution in [0.5, 0.6) is 0 Å². The van der Waals surface area contributed by atoms with Gasteiger partial charge < -0.3 is 10.2 Å². The van der Waals surface area contributed by atoms with E-state index in [0.29, 0.717) is 17.9 Å². The second kappa shape index (κ2) is 5.85. The number of aliphatic carboxylic acids is 2. The summed E-state index contributed by atoms with van der Waals surface area (Å²) >= 11 is 0. The highest BCUT2D eigenvalue weighted by molar-refractivity contribution is 6.13. The Bertz CT molecular complexity index is 402. The highest BCUT2D eigenvalue weighted by Crippen LogP contribution is 2.38. The summed E-state index contributed by atoms with van der Waals surface area (Å²) in [6.45, 7) is 5.98. The molecule has 0 spiro atoms. The first-order chi connectivity index (χ1) is 8.42. The van der Waals surface area contributed by atoms with E-state index in [1.54, 1.807) is 0 Å². The summed E-state index contributed by atoms with van der Waals surface area (Å²) in [7, 11) is 0. The molecule has 2 atom stereocenters. The van der Waals surface area contributed by atoms with Gasteiger partial charge in [-0.3, -0.25) is 0 Å². The van der Waals surface area contributed by atoms with E-state index >= 15 is 0 Å². The molecule has 0 aromatic heterocycles. The molecule has 0 heterocycles. The highest BCUT2D eigenvalue weighted by Gasteiger charge is 2.31. The maximum absolute atomic E-state index is 11.2. The van der Waals surface area contributed by atoms with Crippen molar-refractivity contribution in [3.63, 3.8) is 0 Å². The fourth-order valence-electron chi connectivity index (χ4n) is 2.70. The van der Waals surface area contributed by atoms with Gasteiger partial charge in [0, 0.05) is 0 Å². The average Bonchev–Trinajstić information content (AvgIpc) is 2.29. The van der Waals surface area contributed by atoms with E-state index in [1.807, 2.05) is 19.9 Å². The van der Waals surface area contributed by atoms with Crippen molar-refractivity contribution < 1.29 is 19.8 Å². The second-order valence-electron chi connectivity index (χ2n) is 4.76. The van der Waals surface area contributed by atoms with Crippen LogP contribution in [0.15, 0.2) is 22.8 Å². The van der Waals surface area contributed by atoms with Gasteiger partial charge in [0.25, 0.3) is 0 Å². The maximum Gasteiger partial charge on any atom is 0.343 e. The molecule has 0 bridgehead atoms. The molecule has 0 aliphatic heterocycles. The quantitative estimate of drug-likeness (QED) is 0.458. The highest BCUT2D eigenvalue weighted by atomic mass is 16.4. The molecule has 100 valence electrons.